The van der Waals surface area contributed by atoms with Gasteiger partial charge in [0, 0.05) is 11.8 Å². The number of fused-ring (bicyclic) bond motifs is 1. The summed E-state index contributed by atoms with van der Waals surface area (Å²) in [6, 6.07) is 0. The van der Waals surface area contributed by atoms with Crippen LogP contribution in [-0.4, -0.2) is 79.4 Å². The van der Waals surface area contributed by atoms with Crippen molar-refractivity contribution >= 4 is 28.0 Å². The number of halogens is 2. The molecule has 11 nitrogen and oxygen atoms in total. The molecule has 6 aliphatic carbocycles. The van der Waals surface area contributed by atoms with Crippen LogP contribution < -0.4 is 0 Å². The Morgan fingerprint density at radius 1 is 1.07 bits per heavy atom. The normalized spacial score (nSPS) is 42.8. The van der Waals surface area contributed by atoms with Crippen LogP contribution in [0.3, 0.4) is 0 Å². The maximum Gasteiger partial charge on any atom is 0.465 e. The molecule has 14 heteroatoms. The zero-order valence-electron chi connectivity index (χ0n) is 22.1. The number of alkyl halides is 2. The Kier molecular flexibility index (Phi) is 6.75. The van der Waals surface area contributed by atoms with E-state index in [4.69, 9.17) is 23.5 Å². The van der Waals surface area contributed by atoms with E-state index in [0.29, 0.717) is 31.6 Å². The Labute approximate surface area is 230 Å². The average molecular weight is 593 g/mol. The fourth-order valence-corrected chi connectivity index (χ4v) is 9.37. The van der Waals surface area contributed by atoms with Crippen LogP contribution in [0, 0.1) is 35.5 Å². The van der Waals surface area contributed by atoms with Gasteiger partial charge in [0.2, 0.25) is 0 Å². The van der Waals surface area contributed by atoms with Gasteiger partial charge in [-0.3, -0.25) is 9.35 Å². The fourth-order valence-electron chi connectivity index (χ4n) is 9.10. The standard InChI is InChI=1S/C26H34F2O11S/c1-2-25(36-4-3-35-23(31)26(27,28)40(32,33)34)15-5-13-6-16(25)11-24(9-13,10-15)37-12-19(29)38-20-14-7-17-18(8-14)22(30)39-21(17)20/h13-18,20-21H,2-12H2,1H3,(H,32,33,34). The molecule has 1 N–H and O–H groups in total. The fraction of sp³-hybridized carbons (Fsp3) is 0.885. The predicted molar refractivity (Wildman–Crippen MR) is 128 cm³/mol. The lowest BCUT2D eigenvalue weighted by Crippen LogP contribution is -2.65. The van der Waals surface area contributed by atoms with Gasteiger partial charge in [-0.1, -0.05) is 6.92 Å². The molecule has 7 fully saturated rings. The lowest BCUT2D eigenvalue weighted by Gasteiger charge is -2.64. The van der Waals surface area contributed by atoms with Crippen LogP contribution >= 0.6 is 0 Å². The van der Waals surface area contributed by atoms with Crippen molar-refractivity contribution in [1.82, 2.24) is 0 Å². The maximum atomic E-state index is 13.4. The van der Waals surface area contributed by atoms with E-state index in [-0.39, 0.29) is 54.9 Å². The van der Waals surface area contributed by atoms with E-state index in [9.17, 15) is 31.6 Å². The van der Waals surface area contributed by atoms with Crippen LogP contribution in [0.25, 0.3) is 0 Å². The molecule has 7 aliphatic rings. The predicted octanol–water partition coefficient (Wildman–Crippen LogP) is 2.26. The van der Waals surface area contributed by atoms with Crippen LogP contribution in [0.2, 0.25) is 0 Å². The monoisotopic (exact) mass is 592 g/mol. The molecule has 1 heterocycles. The number of rotatable bonds is 11. The highest BCUT2D eigenvalue weighted by molar-refractivity contribution is 7.87. The Bertz CT molecular complexity index is 1170. The van der Waals surface area contributed by atoms with E-state index < -0.39 is 51.2 Å². The second kappa shape index (κ2) is 9.56. The highest BCUT2D eigenvalue weighted by atomic mass is 32.2. The average Bonchev–Trinajstić information content (AvgIpc) is 3.51. The van der Waals surface area contributed by atoms with Crippen molar-refractivity contribution in [3.8, 4) is 0 Å². The van der Waals surface area contributed by atoms with Crippen molar-refractivity contribution in [2.75, 3.05) is 19.8 Å². The van der Waals surface area contributed by atoms with Crippen molar-refractivity contribution in [1.29, 1.82) is 0 Å². The van der Waals surface area contributed by atoms with Crippen molar-refractivity contribution in [2.24, 2.45) is 35.5 Å². The van der Waals surface area contributed by atoms with Gasteiger partial charge in [0.1, 0.15) is 25.4 Å². The Morgan fingerprint density at radius 3 is 2.42 bits per heavy atom. The van der Waals surface area contributed by atoms with E-state index >= 15 is 0 Å². The molecular formula is C26H34F2O11S. The van der Waals surface area contributed by atoms with Gasteiger partial charge in [0.25, 0.3) is 0 Å². The minimum Gasteiger partial charge on any atom is -0.458 e. The molecule has 7 unspecified atom stereocenters. The first-order chi connectivity index (χ1) is 18.8. The smallest absolute Gasteiger partial charge is 0.458 e. The van der Waals surface area contributed by atoms with Crippen LogP contribution in [0.15, 0.2) is 0 Å². The molecule has 0 aromatic rings. The van der Waals surface area contributed by atoms with Crippen LogP contribution in [0.1, 0.15) is 58.3 Å². The first-order valence-electron chi connectivity index (χ1n) is 14.0. The first kappa shape index (κ1) is 28.2. The minimum atomic E-state index is -5.94. The summed E-state index contributed by atoms with van der Waals surface area (Å²) in [4.78, 5) is 36.3. The SMILES string of the molecule is CCC1(OCCOC(=O)C(F)(F)S(=O)(=O)O)C2CC3CC1CC(OCC(=O)OC1C4CC5C(=O)OC1C5C4)(C3)C2. The first-order valence-corrected chi connectivity index (χ1v) is 15.4. The van der Waals surface area contributed by atoms with Gasteiger partial charge in [-0.15, -0.1) is 0 Å². The molecule has 0 aromatic heterocycles. The van der Waals surface area contributed by atoms with E-state index in [0.717, 1.165) is 25.7 Å². The number of carbonyl (C=O) groups excluding carboxylic acids is 3. The Balaban J connectivity index is 1.03. The van der Waals surface area contributed by atoms with Gasteiger partial charge in [-0.05, 0) is 69.1 Å². The largest absolute Gasteiger partial charge is 0.465 e. The second-order valence-corrected chi connectivity index (χ2v) is 13.9. The molecule has 0 aromatic carbocycles. The summed E-state index contributed by atoms with van der Waals surface area (Å²) in [6.07, 6.45) is 5.33. The number of ether oxygens (including phenoxy) is 5. The summed E-state index contributed by atoms with van der Waals surface area (Å²) >= 11 is 0. The molecule has 6 bridgehead atoms. The van der Waals surface area contributed by atoms with Gasteiger partial charge < -0.3 is 23.7 Å². The molecule has 40 heavy (non-hydrogen) atoms. The van der Waals surface area contributed by atoms with Gasteiger partial charge in [-0.25, -0.2) is 9.59 Å². The zero-order chi connectivity index (χ0) is 28.7. The molecule has 0 spiro atoms. The van der Waals surface area contributed by atoms with E-state index in [1.54, 1.807) is 0 Å². The molecule has 1 aliphatic heterocycles. The Hall–Kier alpha value is -1.90. The summed E-state index contributed by atoms with van der Waals surface area (Å²) in [5.41, 5.74) is -1.09. The lowest BCUT2D eigenvalue weighted by molar-refractivity contribution is -0.262. The number of hydrogen-bond donors (Lipinski definition) is 1. The summed E-state index contributed by atoms with van der Waals surface area (Å²) in [5, 5.41) is -5.05. The second-order valence-electron chi connectivity index (χ2n) is 12.5. The van der Waals surface area contributed by atoms with Crippen molar-refractivity contribution in [3.63, 3.8) is 0 Å². The molecule has 6 saturated carbocycles. The van der Waals surface area contributed by atoms with Crippen LogP contribution in [0.5, 0.6) is 0 Å². The number of hydrogen-bond acceptors (Lipinski definition) is 10. The van der Waals surface area contributed by atoms with Gasteiger partial charge in [0.05, 0.1) is 23.7 Å². The number of esters is 3. The molecule has 0 radical (unpaired) electrons. The van der Waals surface area contributed by atoms with Crippen molar-refractivity contribution < 1.29 is 59.8 Å². The summed E-state index contributed by atoms with van der Waals surface area (Å²) in [5.74, 6) is -2.22. The zero-order valence-corrected chi connectivity index (χ0v) is 22.9. The van der Waals surface area contributed by atoms with E-state index in [1.165, 1.54) is 0 Å². The third kappa shape index (κ3) is 4.35. The van der Waals surface area contributed by atoms with Crippen molar-refractivity contribution in [3.05, 3.63) is 0 Å². The van der Waals surface area contributed by atoms with Crippen LogP contribution in [-0.2, 0) is 48.2 Å². The minimum absolute atomic E-state index is 0.0565. The maximum absolute atomic E-state index is 13.4. The highest BCUT2D eigenvalue weighted by Gasteiger charge is 2.65. The molecule has 1 saturated heterocycles. The molecule has 0 amide bonds. The Morgan fingerprint density at radius 2 is 1.77 bits per heavy atom. The summed E-state index contributed by atoms with van der Waals surface area (Å²) in [7, 11) is -5.94. The highest BCUT2D eigenvalue weighted by Crippen LogP contribution is 2.63. The molecule has 7 atom stereocenters. The van der Waals surface area contributed by atoms with Gasteiger partial charge in [0.15, 0.2) is 0 Å². The summed E-state index contributed by atoms with van der Waals surface area (Å²) < 4.78 is 85.0. The van der Waals surface area contributed by atoms with Gasteiger partial charge in [-0.2, -0.15) is 17.2 Å². The lowest BCUT2D eigenvalue weighted by atomic mass is 9.47. The number of carbonyl (C=O) groups is 3. The van der Waals surface area contributed by atoms with Gasteiger partial charge >= 0.3 is 33.3 Å². The summed E-state index contributed by atoms with van der Waals surface area (Å²) in [6.45, 7) is 0.973. The van der Waals surface area contributed by atoms with E-state index in [2.05, 4.69) is 4.74 Å². The third-order valence-corrected chi connectivity index (χ3v) is 11.3. The van der Waals surface area contributed by atoms with Crippen molar-refractivity contribution in [2.45, 2.75) is 87.0 Å². The molecule has 7 rings (SSSR count). The molecule has 224 valence electrons. The van der Waals surface area contributed by atoms with Crippen LogP contribution in [0.4, 0.5) is 8.78 Å². The molecular weight excluding hydrogens is 558 g/mol. The third-order valence-electron chi connectivity index (χ3n) is 10.5. The quantitative estimate of drug-likeness (QED) is 0.163. The van der Waals surface area contributed by atoms with E-state index in [1.807, 2.05) is 6.92 Å². The topological polar surface area (TPSA) is 152 Å².